The molecule has 4 rings (SSSR count). The number of anilines is 2. The minimum atomic E-state index is -0.322. The van der Waals surface area contributed by atoms with E-state index in [4.69, 9.17) is 9.47 Å². The molecule has 0 unspecified atom stereocenters. The molecule has 1 fully saturated rings. The summed E-state index contributed by atoms with van der Waals surface area (Å²) in [5, 5.41) is 2.97. The molecule has 0 aliphatic carbocycles. The number of aromatic nitrogens is 2. The van der Waals surface area contributed by atoms with Crippen molar-refractivity contribution in [1.29, 1.82) is 0 Å². The van der Waals surface area contributed by atoms with E-state index in [1.807, 2.05) is 6.07 Å². The van der Waals surface area contributed by atoms with Crippen LogP contribution in [0.25, 0.3) is 11.4 Å². The quantitative estimate of drug-likeness (QED) is 0.626. The largest absolute Gasteiger partial charge is 0.497 e. The number of piperidine rings is 1. The summed E-state index contributed by atoms with van der Waals surface area (Å²) >= 11 is 0. The number of rotatable bonds is 6. The Morgan fingerprint density at radius 2 is 1.78 bits per heavy atom. The van der Waals surface area contributed by atoms with Crippen LogP contribution in [-0.2, 0) is 4.79 Å². The zero-order valence-electron chi connectivity index (χ0n) is 18.0. The Kier molecular flexibility index (Phi) is 6.49. The van der Waals surface area contributed by atoms with Gasteiger partial charge in [-0.15, -0.1) is 0 Å². The average molecular weight is 436 g/mol. The summed E-state index contributed by atoms with van der Waals surface area (Å²) in [6, 6.07) is 13.4. The van der Waals surface area contributed by atoms with Gasteiger partial charge in [0.15, 0.2) is 5.82 Å². The van der Waals surface area contributed by atoms with Crippen molar-refractivity contribution >= 4 is 17.4 Å². The summed E-state index contributed by atoms with van der Waals surface area (Å²) in [5.74, 6) is 2.04. The Labute approximate surface area is 186 Å². The third-order valence-electron chi connectivity index (χ3n) is 5.53. The lowest BCUT2D eigenvalue weighted by atomic mass is 9.95. The lowest BCUT2D eigenvalue weighted by Gasteiger charge is -2.32. The molecule has 3 aromatic rings. The number of ether oxygens (including phenoxy) is 2. The van der Waals surface area contributed by atoms with Gasteiger partial charge in [-0.1, -0.05) is 12.1 Å². The first-order valence-electron chi connectivity index (χ1n) is 10.4. The number of carbonyl (C=O) groups is 1. The second-order valence-electron chi connectivity index (χ2n) is 7.60. The zero-order chi connectivity index (χ0) is 22.5. The Hall–Kier alpha value is -3.68. The summed E-state index contributed by atoms with van der Waals surface area (Å²) in [6.45, 7) is 1.39. The van der Waals surface area contributed by atoms with Crippen LogP contribution in [0, 0.1) is 11.7 Å². The number of benzene rings is 2. The van der Waals surface area contributed by atoms with Gasteiger partial charge in [-0.2, -0.15) is 0 Å². The topological polar surface area (TPSA) is 76.6 Å². The molecule has 0 spiro atoms. The maximum Gasteiger partial charge on any atom is 0.227 e. The Balaban J connectivity index is 1.39. The molecule has 2 aromatic carbocycles. The average Bonchev–Trinajstić information content (AvgIpc) is 2.84. The summed E-state index contributed by atoms with van der Waals surface area (Å²) in [4.78, 5) is 23.8. The number of methoxy groups -OCH3 is 2. The fourth-order valence-electron chi connectivity index (χ4n) is 3.79. The minimum absolute atomic E-state index is 0.0249. The van der Waals surface area contributed by atoms with Crippen LogP contribution in [0.2, 0.25) is 0 Å². The molecule has 8 heteroatoms. The van der Waals surface area contributed by atoms with E-state index in [1.54, 1.807) is 50.7 Å². The van der Waals surface area contributed by atoms with Gasteiger partial charge >= 0.3 is 0 Å². The van der Waals surface area contributed by atoms with Gasteiger partial charge in [0.05, 0.1) is 14.2 Å². The molecule has 1 aliphatic heterocycles. The molecular formula is C24H25FN4O3. The number of nitrogens with zero attached hydrogens (tertiary/aromatic N) is 3. The van der Waals surface area contributed by atoms with Gasteiger partial charge < -0.3 is 19.7 Å². The van der Waals surface area contributed by atoms with Crippen LogP contribution in [0.5, 0.6) is 11.5 Å². The van der Waals surface area contributed by atoms with E-state index in [0.717, 1.165) is 5.82 Å². The minimum Gasteiger partial charge on any atom is -0.497 e. The molecule has 0 atom stereocenters. The van der Waals surface area contributed by atoms with E-state index in [-0.39, 0.29) is 17.6 Å². The van der Waals surface area contributed by atoms with Gasteiger partial charge in [0, 0.05) is 54.7 Å². The molecule has 166 valence electrons. The molecule has 1 saturated heterocycles. The van der Waals surface area contributed by atoms with Crippen LogP contribution in [0.15, 0.2) is 54.7 Å². The number of halogens is 1. The van der Waals surface area contributed by atoms with E-state index in [0.29, 0.717) is 54.5 Å². The van der Waals surface area contributed by atoms with E-state index >= 15 is 0 Å². The fraction of sp³-hybridized carbons (Fsp3) is 0.292. The SMILES string of the molecule is COc1cc(NC(=O)C2CCN(c3ccnc(-c4cccc(F)c4)n3)CC2)cc(OC)c1. The van der Waals surface area contributed by atoms with Gasteiger partial charge in [-0.05, 0) is 31.0 Å². The molecule has 0 saturated carbocycles. The highest BCUT2D eigenvalue weighted by Crippen LogP contribution is 2.28. The molecule has 1 amide bonds. The molecule has 0 bridgehead atoms. The Morgan fingerprint density at radius 3 is 2.44 bits per heavy atom. The maximum absolute atomic E-state index is 13.5. The van der Waals surface area contributed by atoms with Gasteiger partial charge in [-0.3, -0.25) is 4.79 Å². The molecular weight excluding hydrogens is 411 g/mol. The van der Waals surface area contributed by atoms with Crippen LogP contribution in [-0.4, -0.2) is 43.2 Å². The normalized spacial score (nSPS) is 14.2. The van der Waals surface area contributed by atoms with Gasteiger partial charge in [0.1, 0.15) is 23.1 Å². The summed E-state index contributed by atoms with van der Waals surface area (Å²) in [5.41, 5.74) is 1.28. The van der Waals surface area contributed by atoms with Gasteiger partial charge in [0.2, 0.25) is 5.91 Å². The number of hydrogen-bond donors (Lipinski definition) is 1. The summed E-state index contributed by atoms with van der Waals surface area (Å²) < 4.78 is 24.1. The highest BCUT2D eigenvalue weighted by atomic mass is 19.1. The molecule has 7 nitrogen and oxygen atoms in total. The maximum atomic E-state index is 13.5. The van der Waals surface area contributed by atoms with Crippen molar-refractivity contribution in [2.24, 2.45) is 5.92 Å². The van der Waals surface area contributed by atoms with Crippen molar-refractivity contribution < 1.29 is 18.7 Å². The second kappa shape index (κ2) is 9.64. The lowest BCUT2D eigenvalue weighted by molar-refractivity contribution is -0.120. The van der Waals surface area contributed by atoms with Crippen molar-refractivity contribution in [3.05, 3.63) is 60.5 Å². The molecule has 1 aromatic heterocycles. The monoisotopic (exact) mass is 436 g/mol. The van der Waals surface area contributed by atoms with Crippen LogP contribution >= 0.6 is 0 Å². The number of carbonyl (C=O) groups excluding carboxylic acids is 1. The molecule has 32 heavy (non-hydrogen) atoms. The Bertz CT molecular complexity index is 1080. The first-order valence-corrected chi connectivity index (χ1v) is 10.4. The molecule has 1 N–H and O–H groups in total. The third-order valence-corrected chi connectivity index (χ3v) is 5.53. The van der Waals surface area contributed by atoms with Crippen molar-refractivity contribution in [3.8, 4) is 22.9 Å². The molecule has 0 radical (unpaired) electrons. The van der Waals surface area contributed by atoms with Crippen molar-refractivity contribution in [1.82, 2.24) is 9.97 Å². The van der Waals surface area contributed by atoms with Crippen LogP contribution in [0.1, 0.15) is 12.8 Å². The van der Waals surface area contributed by atoms with Crippen molar-refractivity contribution in [3.63, 3.8) is 0 Å². The first-order chi connectivity index (χ1) is 15.6. The van der Waals surface area contributed by atoms with E-state index in [1.165, 1.54) is 12.1 Å². The zero-order valence-corrected chi connectivity index (χ0v) is 18.0. The van der Waals surface area contributed by atoms with Crippen molar-refractivity contribution in [2.45, 2.75) is 12.8 Å². The lowest BCUT2D eigenvalue weighted by Crippen LogP contribution is -2.38. The van der Waals surface area contributed by atoms with E-state index < -0.39 is 0 Å². The van der Waals surface area contributed by atoms with Crippen LogP contribution in [0.3, 0.4) is 0 Å². The van der Waals surface area contributed by atoms with Gasteiger partial charge in [-0.25, -0.2) is 14.4 Å². The fourth-order valence-corrected chi connectivity index (χ4v) is 3.79. The molecule has 2 heterocycles. The highest BCUT2D eigenvalue weighted by Gasteiger charge is 2.26. The highest BCUT2D eigenvalue weighted by molar-refractivity contribution is 5.93. The van der Waals surface area contributed by atoms with Crippen molar-refractivity contribution in [2.75, 3.05) is 37.5 Å². The van der Waals surface area contributed by atoms with Crippen LogP contribution < -0.4 is 19.7 Å². The summed E-state index contributed by atoms with van der Waals surface area (Å²) in [7, 11) is 3.14. The first kappa shape index (κ1) is 21.5. The number of nitrogens with one attached hydrogen (secondary N) is 1. The number of hydrogen-bond acceptors (Lipinski definition) is 6. The van der Waals surface area contributed by atoms with E-state index in [2.05, 4.69) is 20.2 Å². The molecule has 1 aliphatic rings. The third kappa shape index (κ3) is 4.96. The van der Waals surface area contributed by atoms with Gasteiger partial charge in [0.25, 0.3) is 0 Å². The van der Waals surface area contributed by atoms with E-state index in [9.17, 15) is 9.18 Å². The summed E-state index contributed by atoms with van der Waals surface area (Å²) in [6.07, 6.45) is 3.08. The number of amides is 1. The predicted octanol–water partition coefficient (Wildman–Crippen LogP) is 4.16. The predicted molar refractivity (Wildman–Crippen MR) is 121 cm³/mol. The second-order valence-corrected chi connectivity index (χ2v) is 7.60. The van der Waals surface area contributed by atoms with Crippen LogP contribution in [0.4, 0.5) is 15.9 Å². The Morgan fingerprint density at radius 1 is 1.06 bits per heavy atom. The smallest absolute Gasteiger partial charge is 0.227 e. The standard InChI is InChI=1S/C24H25FN4O3/c1-31-20-13-19(14-21(15-20)32-2)27-24(30)16-7-10-29(11-8-16)22-6-9-26-23(28-22)17-4-3-5-18(25)12-17/h3-6,9,12-16H,7-8,10-11H2,1-2H3,(H,27,30).